The molecule has 1 amide bonds. The van der Waals surface area contributed by atoms with Gasteiger partial charge >= 0.3 is 0 Å². The highest BCUT2D eigenvalue weighted by Gasteiger charge is 2.08. The van der Waals surface area contributed by atoms with Crippen molar-refractivity contribution < 1.29 is 9.53 Å². The first-order valence-electron chi connectivity index (χ1n) is 7.60. The fourth-order valence-electron chi connectivity index (χ4n) is 2.12. The van der Waals surface area contributed by atoms with Gasteiger partial charge in [0.2, 0.25) is 0 Å². The van der Waals surface area contributed by atoms with Gasteiger partial charge in [-0.05, 0) is 36.4 Å². The molecule has 2 aromatic carbocycles. The van der Waals surface area contributed by atoms with Crippen LogP contribution in [0.1, 0.15) is 10.4 Å². The predicted molar refractivity (Wildman–Crippen MR) is 96.0 cm³/mol. The Kier molecular flexibility index (Phi) is 5.01. The van der Waals surface area contributed by atoms with Crippen molar-refractivity contribution in [2.45, 2.75) is 0 Å². The molecule has 3 rings (SSSR count). The van der Waals surface area contributed by atoms with Crippen LogP contribution in [0.25, 0.3) is 0 Å². The maximum absolute atomic E-state index is 12.0. The lowest BCUT2D eigenvalue weighted by Gasteiger charge is -2.11. The lowest BCUT2D eigenvalue weighted by Crippen LogP contribution is -2.35. The summed E-state index contributed by atoms with van der Waals surface area (Å²) in [6, 6.07) is 19.8. The van der Waals surface area contributed by atoms with Crippen molar-refractivity contribution >= 4 is 17.6 Å². The van der Waals surface area contributed by atoms with Crippen LogP contribution in [-0.4, -0.2) is 16.9 Å². The quantitative estimate of drug-likeness (QED) is 0.503. The SMILES string of the molecule is N=C(NC(=O)c1cccnc1)Nc1cccc(Oc2ccccc2)c1. The van der Waals surface area contributed by atoms with Crippen molar-refractivity contribution in [3.63, 3.8) is 0 Å². The third-order valence-electron chi connectivity index (χ3n) is 3.24. The minimum absolute atomic E-state index is 0.134. The first-order valence-corrected chi connectivity index (χ1v) is 7.60. The zero-order valence-electron chi connectivity index (χ0n) is 13.3. The van der Waals surface area contributed by atoms with Crippen LogP contribution in [0.5, 0.6) is 11.5 Å². The normalized spacial score (nSPS) is 9.92. The van der Waals surface area contributed by atoms with Crippen LogP contribution < -0.4 is 15.4 Å². The molecule has 0 radical (unpaired) electrons. The van der Waals surface area contributed by atoms with Crippen LogP contribution in [0.3, 0.4) is 0 Å². The third kappa shape index (κ3) is 4.65. The molecular weight excluding hydrogens is 316 g/mol. The minimum Gasteiger partial charge on any atom is -0.457 e. The maximum atomic E-state index is 12.0. The van der Waals surface area contributed by atoms with Gasteiger partial charge in [0.25, 0.3) is 5.91 Å². The van der Waals surface area contributed by atoms with E-state index in [9.17, 15) is 4.79 Å². The number of carbonyl (C=O) groups excluding carboxylic acids is 1. The molecular formula is C19H16N4O2. The van der Waals surface area contributed by atoms with E-state index in [2.05, 4.69) is 15.6 Å². The van der Waals surface area contributed by atoms with Crippen LogP contribution >= 0.6 is 0 Å². The summed E-state index contributed by atoms with van der Waals surface area (Å²) in [7, 11) is 0. The van der Waals surface area contributed by atoms with E-state index >= 15 is 0 Å². The van der Waals surface area contributed by atoms with Crippen LogP contribution in [0.2, 0.25) is 0 Å². The second kappa shape index (κ2) is 7.74. The third-order valence-corrected chi connectivity index (χ3v) is 3.24. The number of amides is 1. The first kappa shape index (κ1) is 16.2. The number of hydrogen-bond donors (Lipinski definition) is 3. The van der Waals surface area contributed by atoms with Crippen LogP contribution in [0.4, 0.5) is 5.69 Å². The molecule has 0 spiro atoms. The van der Waals surface area contributed by atoms with E-state index in [-0.39, 0.29) is 5.96 Å². The summed E-state index contributed by atoms with van der Waals surface area (Å²) in [5.74, 6) is 0.815. The average Bonchev–Trinajstić information content (AvgIpc) is 2.63. The molecule has 0 fully saturated rings. The zero-order chi connectivity index (χ0) is 17.5. The van der Waals surface area contributed by atoms with Gasteiger partial charge in [0, 0.05) is 24.1 Å². The number of ether oxygens (including phenoxy) is 1. The van der Waals surface area contributed by atoms with Crippen molar-refractivity contribution in [1.82, 2.24) is 10.3 Å². The lowest BCUT2D eigenvalue weighted by molar-refractivity contribution is 0.0976. The number of nitrogens with one attached hydrogen (secondary N) is 3. The molecule has 25 heavy (non-hydrogen) atoms. The lowest BCUT2D eigenvalue weighted by atomic mass is 10.2. The minimum atomic E-state index is -0.401. The topological polar surface area (TPSA) is 87.1 Å². The van der Waals surface area contributed by atoms with Crippen LogP contribution in [-0.2, 0) is 0 Å². The summed E-state index contributed by atoms with van der Waals surface area (Å²) < 4.78 is 5.74. The summed E-state index contributed by atoms with van der Waals surface area (Å²) in [5.41, 5.74) is 1.01. The molecule has 3 aromatic rings. The van der Waals surface area contributed by atoms with E-state index in [0.29, 0.717) is 17.0 Å². The predicted octanol–water partition coefficient (Wildman–Crippen LogP) is 3.65. The molecule has 0 saturated heterocycles. The summed E-state index contributed by atoms with van der Waals surface area (Å²) in [6.45, 7) is 0. The summed E-state index contributed by atoms with van der Waals surface area (Å²) in [5, 5.41) is 13.2. The summed E-state index contributed by atoms with van der Waals surface area (Å²) in [4.78, 5) is 15.9. The van der Waals surface area contributed by atoms with Crippen LogP contribution in [0.15, 0.2) is 79.1 Å². The number of pyridine rings is 1. The first-order chi connectivity index (χ1) is 12.2. The number of rotatable bonds is 4. The Morgan fingerprint density at radius 3 is 2.52 bits per heavy atom. The highest BCUT2D eigenvalue weighted by molar-refractivity contribution is 6.08. The zero-order valence-corrected chi connectivity index (χ0v) is 13.3. The Morgan fingerprint density at radius 2 is 1.76 bits per heavy atom. The number of guanidine groups is 1. The van der Waals surface area contributed by atoms with Gasteiger partial charge in [-0.3, -0.25) is 20.5 Å². The van der Waals surface area contributed by atoms with Gasteiger partial charge in [-0.25, -0.2) is 0 Å². The summed E-state index contributed by atoms with van der Waals surface area (Å²) in [6.07, 6.45) is 3.02. The number of hydrogen-bond acceptors (Lipinski definition) is 4. The Bertz CT molecular complexity index is 867. The van der Waals surface area contributed by atoms with Gasteiger partial charge in [-0.1, -0.05) is 24.3 Å². The van der Waals surface area contributed by atoms with Crippen molar-refractivity contribution in [3.8, 4) is 11.5 Å². The second-order valence-corrected chi connectivity index (χ2v) is 5.14. The smallest absolute Gasteiger partial charge is 0.259 e. The standard InChI is InChI=1S/C19H16N4O2/c20-19(23-18(24)14-6-5-11-21-13-14)22-15-7-4-10-17(12-15)25-16-8-2-1-3-9-16/h1-13H,(H3,20,22,23,24). The van der Waals surface area contributed by atoms with Gasteiger partial charge in [-0.15, -0.1) is 0 Å². The fraction of sp³-hybridized carbons (Fsp3) is 0. The molecule has 0 aliphatic carbocycles. The van der Waals surface area contributed by atoms with Gasteiger partial charge in [0.05, 0.1) is 5.56 Å². The van der Waals surface area contributed by atoms with Crippen LogP contribution in [0, 0.1) is 5.41 Å². The van der Waals surface area contributed by atoms with Gasteiger partial charge in [0.1, 0.15) is 11.5 Å². The number of para-hydroxylation sites is 1. The number of nitrogens with zero attached hydrogens (tertiary/aromatic N) is 1. The number of carbonyl (C=O) groups is 1. The van der Waals surface area contributed by atoms with E-state index in [1.807, 2.05) is 36.4 Å². The van der Waals surface area contributed by atoms with Gasteiger partial charge < -0.3 is 10.1 Å². The number of benzene rings is 2. The fourth-order valence-corrected chi connectivity index (χ4v) is 2.12. The summed E-state index contributed by atoms with van der Waals surface area (Å²) >= 11 is 0. The molecule has 0 saturated carbocycles. The second-order valence-electron chi connectivity index (χ2n) is 5.14. The maximum Gasteiger partial charge on any atom is 0.259 e. The average molecular weight is 332 g/mol. The van der Waals surface area contributed by atoms with Crippen molar-refractivity contribution in [2.24, 2.45) is 0 Å². The monoisotopic (exact) mass is 332 g/mol. The van der Waals surface area contributed by atoms with Crippen molar-refractivity contribution in [3.05, 3.63) is 84.7 Å². The van der Waals surface area contributed by atoms with E-state index in [1.54, 1.807) is 36.5 Å². The molecule has 0 aliphatic rings. The Balaban J connectivity index is 1.62. The van der Waals surface area contributed by atoms with E-state index in [1.165, 1.54) is 6.20 Å². The Morgan fingerprint density at radius 1 is 0.960 bits per heavy atom. The van der Waals surface area contributed by atoms with E-state index < -0.39 is 5.91 Å². The molecule has 124 valence electrons. The molecule has 0 atom stereocenters. The Hall–Kier alpha value is -3.67. The largest absolute Gasteiger partial charge is 0.457 e. The number of anilines is 1. The highest BCUT2D eigenvalue weighted by Crippen LogP contribution is 2.23. The van der Waals surface area contributed by atoms with Gasteiger partial charge in [0.15, 0.2) is 5.96 Å². The molecule has 0 unspecified atom stereocenters. The molecule has 0 bridgehead atoms. The van der Waals surface area contributed by atoms with Gasteiger partial charge in [-0.2, -0.15) is 0 Å². The molecule has 1 heterocycles. The van der Waals surface area contributed by atoms with Crippen molar-refractivity contribution in [1.29, 1.82) is 5.41 Å². The Labute approximate surface area is 145 Å². The molecule has 0 aliphatic heterocycles. The van der Waals surface area contributed by atoms with Crippen molar-refractivity contribution in [2.75, 3.05) is 5.32 Å². The van der Waals surface area contributed by atoms with E-state index in [0.717, 1.165) is 5.75 Å². The molecule has 6 heteroatoms. The number of aromatic nitrogens is 1. The molecule has 1 aromatic heterocycles. The highest BCUT2D eigenvalue weighted by atomic mass is 16.5. The van der Waals surface area contributed by atoms with E-state index in [4.69, 9.17) is 10.1 Å². The molecule has 6 nitrogen and oxygen atoms in total. The molecule has 3 N–H and O–H groups in total.